The van der Waals surface area contributed by atoms with Crippen LogP contribution in [0.1, 0.15) is 59.1 Å². The summed E-state index contributed by atoms with van der Waals surface area (Å²) in [6.45, 7) is 0. The molecule has 1 aromatic carbocycles. The molecule has 1 aliphatic rings. The Morgan fingerprint density at radius 1 is 1.21 bits per heavy atom. The Kier molecular flexibility index (Phi) is 4.93. The number of carboxylic acids is 1. The number of carbonyl (C=O) groups is 2. The molecule has 1 heterocycles. The number of amides is 1. The van der Waals surface area contributed by atoms with Crippen LogP contribution >= 0.6 is 0 Å². The average molecular weight is 328 g/mol. The van der Waals surface area contributed by atoms with Crippen LogP contribution < -0.4 is 5.32 Å². The molecule has 1 aliphatic carbocycles. The van der Waals surface area contributed by atoms with Gasteiger partial charge in [-0.1, -0.05) is 35.5 Å². The van der Waals surface area contributed by atoms with Crippen molar-refractivity contribution in [3.63, 3.8) is 0 Å². The lowest BCUT2D eigenvalue weighted by molar-refractivity contribution is -0.137. The van der Waals surface area contributed by atoms with Gasteiger partial charge < -0.3 is 14.9 Å². The molecule has 126 valence electrons. The van der Waals surface area contributed by atoms with Crippen LogP contribution in [0.5, 0.6) is 0 Å². The summed E-state index contributed by atoms with van der Waals surface area (Å²) >= 11 is 0. The van der Waals surface area contributed by atoms with Gasteiger partial charge in [0.1, 0.15) is 5.76 Å². The number of rotatable bonds is 6. The van der Waals surface area contributed by atoms with Gasteiger partial charge in [0.25, 0.3) is 5.91 Å². The van der Waals surface area contributed by atoms with Gasteiger partial charge in [0.05, 0.1) is 6.04 Å². The maximum atomic E-state index is 12.6. The van der Waals surface area contributed by atoms with E-state index in [2.05, 4.69) is 10.5 Å². The quantitative estimate of drug-likeness (QED) is 0.850. The minimum atomic E-state index is -0.885. The first kappa shape index (κ1) is 16.2. The van der Waals surface area contributed by atoms with Gasteiger partial charge in [-0.25, -0.2) is 0 Å². The highest BCUT2D eigenvalue weighted by molar-refractivity contribution is 5.94. The topological polar surface area (TPSA) is 92.4 Å². The lowest BCUT2D eigenvalue weighted by Gasteiger charge is -2.18. The van der Waals surface area contributed by atoms with Crippen molar-refractivity contribution in [3.05, 3.63) is 52.9 Å². The normalized spacial score (nSPS) is 14.7. The summed E-state index contributed by atoms with van der Waals surface area (Å²) in [7, 11) is 0. The zero-order valence-corrected chi connectivity index (χ0v) is 13.3. The van der Waals surface area contributed by atoms with Crippen LogP contribution in [0.3, 0.4) is 0 Å². The summed E-state index contributed by atoms with van der Waals surface area (Å²) in [5.41, 5.74) is 2.11. The lowest BCUT2D eigenvalue weighted by Crippen LogP contribution is -2.30. The number of nitrogens with zero attached hydrogens (tertiary/aromatic N) is 1. The Morgan fingerprint density at radius 3 is 2.71 bits per heavy atom. The summed E-state index contributed by atoms with van der Waals surface area (Å²) in [4.78, 5) is 23.5. The predicted molar refractivity (Wildman–Crippen MR) is 86.7 cm³/mol. The predicted octanol–water partition coefficient (Wildman–Crippen LogP) is 2.89. The van der Waals surface area contributed by atoms with Crippen LogP contribution in [0.15, 0.2) is 34.9 Å². The Morgan fingerprint density at radius 2 is 1.96 bits per heavy atom. The second-order valence-electron chi connectivity index (χ2n) is 6.01. The van der Waals surface area contributed by atoms with Crippen molar-refractivity contribution in [2.75, 3.05) is 0 Å². The Balaban J connectivity index is 1.77. The van der Waals surface area contributed by atoms with E-state index in [1.54, 1.807) is 0 Å². The van der Waals surface area contributed by atoms with Crippen LogP contribution in [0.4, 0.5) is 0 Å². The number of hydrogen-bond acceptors (Lipinski definition) is 4. The number of nitrogens with one attached hydrogen (secondary N) is 1. The third-order valence-corrected chi connectivity index (χ3v) is 4.32. The highest BCUT2D eigenvalue weighted by Gasteiger charge is 2.26. The van der Waals surface area contributed by atoms with E-state index in [4.69, 9.17) is 9.63 Å². The third kappa shape index (κ3) is 3.64. The van der Waals surface area contributed by atoms with Gasteiger partial charge in [0.15, 0.2) is 5.69 Å². The van der Waals surface area contributed by atoms with Crippen LogP contribution in [0, 0.1) is 0 Å². The molecule has 6 heteroatoms. The molecule has 0 bridgehead atoms. The smallest absolute Gasteiger partial charge is 0.303 e. The second kappa shape index (κ2) is 7.29. The van der Waals surface area contributed by atoms with Crippen molar-refractivity contribution in [2.45, 2.75) is 44.6 Å². The molecule has 2 aromatic rings. The number of carboxylic acid groups (broad SMARTS) is 1. The molecule has 0 saturated heterocycles. The van der Waals surface area contributed by atoms with E-state index in [0.29, 0.717) is 12.1 Å². The maximum absolute atomic E-state index is 12.6. The van der Waals surface area contributed by atoms with Crippen molar-refractivity contribution in [3.8, 4) is 0 Å². The molecule has 24 heavy (non-hydrogen) atoms. The molecule has 0 radical (unpaired) electrons. The van der Waals surface area contributed by atoms with Crippen LogP contribution in [0.2, 0.25) is 0 Å². The molecule has 1 amide bonds. The van der Waals surface area contributed by atoms with Crippen molar-refractivity contribution < 1.29 is 19.2 Å². The highest BCUT2D eigenvalue weighted by atomic mass is 16.5. The van der Waals surface area contributed by atoms with Gasteiger partial charge in [-0.15, -0.1) is 0 Å². The van der Waals surface area contributed by atoms with Crippen LogP contribution in [-0.2, 0) is 17.6 Å². The van der Waals surface area contributed by atoms with Crippen molar-refractivity contribution in [1.29, 1.82) is 0 Å². The molecule has 1 unspecified atom stereocenters. The SMILES string of the molecule is O=C(O)CCC(NC(=O)c1noc2c1CCCC2)c1ccccc1. The number of aryl methyl sites for hydroxylation is 1. The van der Waals surface area contributed by atoms with Crippen LogP contribution in [-0.4, -0.2) is 22.1 Å². The van der Waals surface area contributed by atoms with Crippen molar-refractivity contribution in [1.82, 2.24) is 10.5 Å². The lowest BCUT2D eigenvalue weighted by atomic mass is 9.96. The van der Waals surface area contributed by atoms with E-state index in [1.165, 1.54) is 0 Å². The molecular formula is C18H20N2O4. The first-order valence-corrected chi connectivity index (χ1v) is 8.20. The zero-order valence-electron chi connectivity index (χ0n) is 13.3. The fourth-order valence-electron chi connectivity index (χ4n) is 3.07. The standard InChI is InChI=1S/C18H20N2O4/c21-16(22)11-10-14(12-6-2-1-3-7-12)19-18(23)17-13-8-4-5-9-15(13)24-20-17/h1-3,6-7,14H,4-5,8-11H2,(H,19,23)(H,21,22). The molecular weight excluding hydrogens is 308 g/mol. The van der Waals surface area contributed by atoms with E-state index in [0.717, 1.165) is 42.6 Å². The molecule has 1 aromatic heterocycles. The number of hydrogen-bond donors (Lipinski definition) is 2. The maximum Gasteiger partial charge on any atom is 0.303 e. The highest BCUT2D eigenvalue weighted by Crippen LogP contribution is 2.25. The first-order chi connectivity index (χ1) is 11.6. The number of fused-ring (bicyclic) bond motifs is 1. The summed E-state index contributed by atoms with van der Waals surface area (Å²) < 4.78 is 5.29. The minimum Gasteiger partial charge on any atom is -0.481 e. The molecule has 0 spiro atoms. The van der Waals surface area contributed by atoms with Crippen molar-refractivity contribution in [2.24, 2.45) is 0 Å². The number of aliphatic carboxylic acids is 1. The van der Waals surface area contributed by atoms with Gasteiger partial charge >= 0.3 is 5.97 Å². The largest absolute Gasteiger partial charge is 0.481 e. The monoisotopic (exact) mass is 328 g/mol. The van der Waals surface area contributed by atoms with E-state index in [-0.39, 0.29) is 18.4 Å². The summed E-state index contributed by atoms with van der Waals surface area (Å²) in [5.74, 6) is -0.390. The minimum absolute atomic E-state index is 0.0171. The molecule has 0 fully saturated rings. The fraction of sp³-hybridized carbons (Fsp3) is 0.389. The van der Waals surface area contributed by atoms with Crippen molar-refractivity contribution >= 4 is 11.9 Å². The van der Waals surface area contributed by atoms with Crippen LogP contribution in [0.25, 0.3) is 0 Å². The Labute approximate surface area is 139 Å². The number of carbonyl (C=O) groups excluding carboxylic acids is 1. The van der Waals surface area contributed by atoms with E-state index in [1.807, 2.05) is 30.3 Å². The van der Waals surface area contributed by atoms with E-state index in [9.17, 15) is 9.59 Å². The Bertz CT molecular complexity index is 724. The van der Waals surface area contributed by atoms with Gasteiger partial charge in [0.2, 0.25) is 0 Å². The van der Waals surface area contributed by atoms with Gasteiger partial charge in [-0.05, 0) is 31.2 Å². The summed E-state index contributed by atoms with van der Waals surface area (Å²) in [5, 5.41) is 15.8. The number of aromatic nitrogens is 1. The van der Waals surface area contributed by atoms with Gasteiger partial charge in [-0.3, -0.25) is 9.59 Å². The summed E-state index contributed by atoms with van der Waals surface area (Å²) in [6, 6.07) is 9.01. The van der Waals surface area contributed by atoms with Gasteiger partial charge in [0, 0.05) is 18.4 Å². The molecule has 0 aliphatic heterocycles. The number of benzene rings is 1. The molecule has 1 atom stereocenters. The van der Waals surface area contributed by atoms with E-state index < -0.39 is 5.97 Å². The van der Waals surface area contributed by atoms with E-state index >= 15 is 0 Å². The fourth-order valence-corrected chi connectivity index (χ4v) is 3.07. The molecule has 0 saturated carbocycles. The molecule has 3 rings (SSSR count). The van der Waals surface area contributed by atoms with Gasteiger partial charge in [-0.2, -0.15) is 0 Å². The zero-order chi connectivity index (χ0) is 16.9. The summed E-state index contributed by atoms with van der Waals surface area (Å²) in [6.07, 6.45) is 4.00. The Hall–Kier alpha value is -2.63. The first-order valence-electron chi connectivity index (χ1n) is 8.20. The third-order valence-electron chi connectivity index (χ3n) is 4.32. The molecule has 6 nitrogen and oxygen atoms in total. The molecule has 2 N–H and O–H groups in total. The average Bonchev–Trinajstić information content (AvgIpc) is 3.03. The second-order valence-corrected chi connectivity index (χ2v) is 6.01.